The molecule has 0 saturated heterocycles. The summed E-state index contributed by atoms with van der Waals surface area (Å²) in [5, 5.41) is -0.197. The smallest absolute Gasteiger partial charge is 0.254 e. The molecular formula is C15H13Cl3OS. The van der Waals surface area contributed by atoms with Gasteiger partial charge < -0.3 is 0 Å². The summed E-state index contributed by atoms with van der Waals surface area (Å²) in [5.74, 6) is 0.535. The standard InChI is InChI=1S/C15H13Cl3OS/c16-15(17,18)20(19)14-12-7-6-11(9-12)13(14)8-10-4-2-1-3-5-10/h1-8,11-12,14H,9H2/b13-8-/t11-,12+,14-,20?/m0/s1. The molecule has 2 aliphatic carbocycles. The van der Waals surface area contributed by atoms with Crippen LogP contribution in [0.1, 0.15) is 12.0 Å². The second kappa shape index (κ2) is 5.49. The second-order valence-electron chi connectivity index (χ2n) is 5.11. The highest BCUT2D eigenvalue weighted by atomic mass is 35.6. The third-order valence-electron chi connectivity index (χ3n) is 3.85. The predicted molar refractivity (Wildman–Crippen MR) is 87.4 cm³/mol. The van der Waals surface area contributed by atoms with E-state index in [4.69, 9.17) is 34.8 Å². The zero-order chi connectivity index (χ0) is 14.3. The van der Waals surface area contributed by atoms with Crippen molar-refractivity contribution in [2.45, 2.75) is 14.8 Å². The quantitative estimate of drug-likeness (QED) is 0.559. The van der Waals surface area contributed by atoms with Crippen LogP contribution in [0.2, 0.25) is 0 Å². The molecule has 2 bridgehead atoms. The molecule has 1 fully saturated rings. The first-order chi connectivity index (χ1) is 9.47. The molecule has 1 saturated carbocycles. The van der Waals surface area contributed by atoms with Gasteiger partial charge in [0, 0.05) is 0 Å². The molecule has 0 amide bonds. The Kier molecular flexibility index (Phi) is 4.02. The van der Waals surface area contributed by atoms with Crippen molar-refractivity contribution < 1.29 is 4.21 Å². The second-order valence-corrected chi connectivity index (χ2v) is 9.78. The summed E-state index contributed by atoms with van der Waals surface area (Å²) in [6.07, 6.45) is 7.33. The number of hydrogen-bond donors (Lipinski definition) is 0. The Bertz CT molecular complexity index is 589. The average Bonchev–Trinajstić information content (AvgIpc) is 2.99. The highest BCUT2D eigenvalue weighted by Crippen LogP contribution is 2.50. The number of halogens is 3. The molecular weight excluding hydrogens is 335 g/mol. The van der Waals surface area contributed by atoms with Gasteiger partial charge in [0.1, 0.15) is 0 Å². The van der Waals surface area contributed by atoms with Crippen molar-refractivity contribution in [3.05, 3.63) is 53.6 Å². The first kappa shape index (κ1) is 14.6. The molecule has 106 valence electrons. The summed E-state index contributed by atoms with van der Waals surface area (Å²) in [6.45, 7) is 0. The van der Waals surface area contributed by atoms with Gasteiger partial charge in [0.05, 0.1) is 16.0 Å². The predicted octanol–water partition coefficient (Wildman–Crippen LogP) is 4.72. The van der Waals surface area contributed by atoms with Crippen LogP contribution in [0.15, 0.2) is 48.1 Å². The minimum Gasteiger partial charge on any atom is -0.254 e. The summed E-state index contributed by atoms with van der Waals surface area (Å²) in [7, 11) is -1.54. The van der Waals surface area contributed by atoms with Gasteiger partial charge in [0.15, 0.2) is 0 Å². The highest BCUT2D eigenvalue weighted by Gasteiger charge is 2.48. The number of hydrogen-bond acceptors (Lipinski definition) is 1. The molecule has 0 N–H and O–H groups in total. The van der Waals surface area contributed by atoms with Gasteiger partial charge in [-0.05, 0) is 29.4 Å². The minimum atomic E-state index is -1.74. The molecule has 3 rings (SSSR count). The van der Waals surface area contributed by atoms with Gasteiger partial charge >= 0.3 is 0 Å². The minimum absolute atomic E-state index is 0.197. The highest BCUT2D eigenvalue weighted by molar-refractivity contribution is 7.92. The van der Waals surface area contributed by atoms with E-state index in [0.717, 1.165) is 17.6 Å². The SMILES string of the molecule is O=S([C@@H]1/C(=C\c2ccccc2)[C@H]2C=C[C@@H]1C2)C(Cl)(Cl)Cl. The molecule has 4 atom stereocenters. The summed E-state index contributed by atoms with van der Waals surface area (Å²) in [6, 6.07) is 9.99. The topological polar surface area (TPSA) is 17.1 Å². The number of allylic oxidation sites excluding steroid dienone is 2. The summed E-state index contributed by atoms with van der Waals surface area (Å²) < 4.78 is 10.8. The van der Waals surface area contributed by atoms with E-state index in [1.54, 1.807) is 0 Å². The summed E-state index contributed by atoms with van der Waals surface area (Å²) >= 11 is 17.5. The lowest BCUT2D eigenvalue weighted by molar-refractivity contribution is 0.652. The molecule has 5 heteroatoms. The number of alkyl halides is 3. The Balaban J connectivity index is 1.98. The Morgan fingerprint density at radius 3 is 2.50 bits per heavy atom. The van der Waals surface area contributed by atoms with Crippen molar-refractivity contribution in [2.75, 3.05) is 0 Å². The van der Waals surface area contributed by atoms with Gasteiger partial charge in [0.2, 0.25) is 0 Å². The molecule has 0 radical (unpaired) electrons. The number of rotatable bonds is 2. The fourth-order valence-corrected chi connectivity index (χ4v) is 5.18. The van der Waals surface area contributed by atoms with Crippen LogP contribution in [0.5, 0.6) is 0 Å². The van der Waals surface area contributed by atoms with E-state index in [-0.39, 0.29) is 11.2 Å². The van der Waals surface area contributed by atoms with Crippen LogP contribution in [0.4, 0.5) is 0 Å². The van der Waals surface area contributed by atoms with Crippen LogP contribution >= 0.6 is 34.8 Å². The fourth-order valence-electron chi connectivity index (χ4n) is 3.01. The Morgan fingerprint density at radius 2 is 1.85 bits per heavy atom. The Labute approximate surface area is 136 Å². The molecule has 0 heterocycles. The molecule has 0 spiro atoms. The molecule has 0 aromatic heterocycles. The van der Waals surface area contributed by atoms with Crippen molar-refractivity contribution in [3.8, 4) is 0 Å². The van der Waals surface area contributed by atoms with Gasteiger partial charge in [-0.25, -0.2) is 0 Å². The normalized spacial score (nSPS) is 31.9. The third kappa shape index (κ3) is 2.71. The third-order valence-corrected chi connectivity index (χ3v) is 6.76. The van der Waals surface area contributed by atoms with E-state index >= 15 is 0 Å². The van der Waals surface area contributed by atoms with Crippen molar-refractivity contribution >= 4 is 51.7 Å². The zero-order valence-corrected chi connectivity index (χ0v) is 13.6. The summed E-state index contributed by atoms with van der Waals surface area (Å²) in [5.41, 5.74) is 2.21. The first-order valence-electron chi connectivity index (χ1n) is 6.39. The zero-order valence-electron chi connectivity index (χ0n) is 10.5. The van der Waals surface area contributed by atoms with E-state index < -0.39 is 13.9 Å². The van der Waals surface area contributed by atoms with Crippen molar-refractivity contribution in [1.82, 2.24) is 0 Å². The van der Waals surface area contributed by atoms with Gasteiger partial charge in [-0.3, -0.25) is 4.21 Å². The van der Waals surface area contributed by atoms with E-state index in [1.807, 2.05) is 30.3 Å². The van der Waals surface area contributed by atoms with Crippen LogP contribution in [-0.2, 0) is 10.8 Å². The largest absolute Gasteiger partial charge is 0.266 e. The van der Waals surface area contributed by atoms with Gasteiger partial charge in [-0.15, -0.1) is 0 Å². The van der Waals surface area contributed by atoms with Crippen molar-refractivity contribution in [2.24, 2.45) is 11.8 Å². The summed E-state index contributed by atoms with van der Waals surface area (Å²) in [4.78, 5) is 0. The Hall–Kier alpha value is -0.280. The molecule has 1 aromatic carbocycles. The van der Waals surface area contributed by atoms with Gasteiger partial charge in [-0.2, -0.15) is 0 Å². The van der Waals surface area contributed by atoms with Crippen LogP contribution < -0.4 is 0 Å². The maximum Gasteiger partial charge on any atom is 0.266 e. The fraction of sp³-hybridized carbons (Fsp3) is 0.333. The molecule has 1 unspecified atom stereocenters. The van der Waals surface area contributed by atoms with Crippen LogP contribution in [0.25, 0.3) is 6.08 Å². The van der Waals surface area contributed by atoms with Crippen LogP contribution in [0.3, 0.4) is 0 Å². The molecule has 1 nitrogen and oxygen atoms in total. The van der Waals surface area contributed by atoms with Crippen molar-refractivity contribution in [1.29, 1.82) is 0 Å². The van der Waals surface area contributed by atoms with Crippen LogP contribution in [-0.4, -0.2) is 12.6 Å². The Morgan fingerprint density at radius 1 is 1.15 bits per heavy atom. The van der Waals surface area contributed by atoms with E-state index in [9.17, 15) is 4.21 Å². The van der Waals surface area contributed by atoms with E-state index in [1.165, 1.54) is 0 Å². The van der Waals surface area contributed by atoms with Gasteiger partial charge in [0.25, 0.3) is 3.12 Å². The number of benzene rings is 1. The molecule has 1 aromatic rings. The number of fused-ring (bicyclic) bond motifs is 2. The molecule has 2 aliphatic rings. The lowest BCUT2D eigenvalue weighted by Crippen LogP contribution is -2.30. The lowest BCUT2D eigenvalue weighted by Gasteiger charge is -2.24. The maximum atomic E-state index is 12.5. The van der Waals surface area contributed by atoms with Crippen molar-refractivity contribution in [3.63, 3.8) is 0 Å². The maximum absolute atomic E-state index is 12.5. The van der Waals surface area contributed by atoms with Crippen LogP contribution in [0, 0.1) is 11.8 Å². The molecule has 20 heavy (non-hydrogen) atoms. The lowest BCUT2D eigenvalue weighted by atomic mass is 9.98. The van der Waals surface area contributed by atoms with E-state index in [0.29, 0.717) is 5.92 Å². The average molecular weight is 348 g/mol. The van der Waals surface area contributed by atoms with E-state index in [2.05, 4.69) is 18.2 Å². The first-order valence-corrected chi connectivity index (χ1v) is 8.74. The van der Waals surface area contributed by atoms with Gasteiger partial charge in [-0.1, -0.05) is 83.4 Å². The monoisotopic (exact) mass is 346 g/mol. The molecule has 0 aliphatic heterocycles.